The van der Waals surface area contributed by atoms with Crippen LogP contribution < -0.4 is 5.32 Å². The summed E-state index contributed by atoms with van der Waals surface area (Å²) in [6.45, 7) is 6.93. The van der Waals surface area contributed by atoms with Crippen molar-refractivity contribution >= 4 is 29.1 Å². The summed E-state index contributed by atoms with van der Waals surface area (Å²) >= 11 is 5.88. The predicted molar refractivity (Wildman–Crippen MR) is 102 cm³/mol. The molecule has 1 saturated heterocycles. The Labute approximate surface area is 158 Å². The summed E-state index contributed by atoms with van der Waals surface area (Å²) in [6.07, 6.45) is 1.74. The fraction of sp³-hybridized carbons (Fsp3) is 0.421. The van der Waals surface area contributed by atoms with Gasteiger partial charge < -0.3 is 14.8 Å². The number of nitrogens with zero attached hydrogens (tertiary/aromatic N) is 3. The van der Waals surface area contributed by atoms with Gasteiger partial charge in [-0.3, -0.25) is 9.59 Å². The van der Waals surface area contributed by atoms with Gasteiger partial charge in [-0.1, -0.05) is 11.6 Å². The van der Waals surface area contributed by atoms with Crippen LogP contribution in [-0.4, -0.2) is 39.4 Å². The van der Waals surface area contributed by atoms with Gasteiger partial charge in [0.2, 0.25) is 5.91 Å². The maximum absolute atomic E-state index is 12.6. The highest BCUT2D eigenvalue weighted by Gasteiger charge is 2.27. The van der Waals surface area contributed by atoms with Gasteiger partial charge in [0, 0.05) is 42.5 Å². The van der Waals surface area contributed by atoms with Crippen molar-refractivity contribution in [1.82, 2.24) is 14.5 Å². The summed E-state index contributed by atoms with van der Waals surface area (Å²) in [4.78, 5) is 30.5. The van der Waals surface area contributed by atoms with Gasteiger partial charge in [0.25, 0.3) is 5.91 Å². The fourth-order valence-electron chi connectivity index (χ4n) is 3.57. The lowest BCUT2D eigenvalue weighted by Crippen LogP contribution is -2.38. The molecule has 7 heteroatoms. The van der Waals surface area contributed by atoms with Crippen LogP contribution in [0.1, 0.15) is 47.8 Å². The molecule has 1 aliphatic rings. The van der Waals surface area contributed by atoms with Gasteiger partial charge in [-0.05, 0) is 51.0 Å². The summed E-state index contributed by atoms with van der Waals surface area (Å²) in [6, 6.07) is 7.25. The number of rotatable bonds is 3. The van der Waals surface area contributed by atoms with E-state index in [2.05, 4.69) is 14.9 Å². The number of nitrogens with one attached hydrogen (secondary N) is 1. The van der Waals surface area contributed by atoms with Gasteiger partial charge in [0.1, 0.15) is 11.5 Å². The van der Waals surface area contributed by atoms with Gasteiger partial charge in [-0.25, -0.2) is 4.98 Å². The number of hydrogen-bond donors (Lipinski definition) is 1. The molecule has 3 rings (SSSR count). The molecule has 0 unspecified atom stereocenters. The average molecular weight is 375 g/mol. The number of halogens is 1. The second-order valence-electron chi connectivity index (χ2n) is 6.66. The molecule has 0 atom stereocenters. The summed E-state index contributed by atoms with van der Waals surface area (Å²) in [7, 11) is 0. The number of piperidine rings is 1. The van der Waals surface area contributed by atoms with E-state index in [9.17, 15) is 9.59 Å². The van der Waals surface area contributed by atoms with E-state index in [1.165, 1.54) is 0 Å². The Morgan fingerprint density at radius 3 is 2.35 bits per heavy atom. The molecule has 1 aromatic heterocycles. The highest BCUT2D eigenvalue weighted by molar-refractivity contribution is 6.30. The topological polar surface area (TPSA) is 67.2 Å². The summed E-state index contributed by atoms with van der Waals surface area (Å²) in [5.74, 6) is 0.712. The van der Waals surface area contributed by atoms with E-state index >= 15 is 0 Å². The zero-order valence-electron chi connectivity index (χ0n) is 15.3. The monoisotopic (exact) mass is 374 g/mol. The number of hydrogen-bond acceptors (Lipinski definition) is 3. The molecule has 26 heavy (non-hydrogen) atoms. The smallest absolute Gasteiger partial charge is 0.276 e. The van der Waals surface area contributed by atoms with E-state index in [0.717, 1.165) is 37.4 Å². The van der Waals surface area contributed by atoms with E-state index in [1.54, 1.807) is 31.2 Å². The van der Waals surface area contributed by atoms with Crippen LogP contribution in [-0.2, 0) is 4.79 Å². The summed E-state index contributed by atoms with van der Waals surface area (Å²) < 4.78 is 2.13. The van der Waals surface area contributed by atoms with Gasteiger partial charge in [0.15, 0.2) is 0 Å². The Balaban J connectivity index is 1.76. The van der Waals surface area contributed by atoms with Crippen LogP contribution in [0.4, 0.5) is 5.69 Å². The van der Waals surface area contributed by atoms with Crippen LogP contribution in [0.2, 0.25) is 5.02 Å². The standard InChI is InChI=1S/C19H23ClN4O2/c1-12-18(19(26)22-16-6-4-15(20)5-7-16)21-13(2)24(12)17-8-10-23(11-9-17)14(3)25/h4-7,17H,8-11H2,1-3H3,(H,22,26). The Morgan fingerprint density at radius 1 is 1.15 bits per heavy atom. The number of aryl methyl sites for hydroxylation is 1. The molecule has 2 amide bonds. The predicted octanol–water partition coefficient (Wildman–Crippen LogP) is 3.59. The molecule has 1 fully saturated rings. The van der Waals surface area contributed by atoms with Crippen LogP contribution in [0.15, 0.2) is 24.3 Å². The zero-order chi connectivity index (χ0) is 18.8. The maximum Gasteiger partial charge on any atom is 0.276 e. The van der Waals surface area contributed by atoms with E-state index < -0.39 is 0 Å². The quantitative estimate of drug-likeness (QED) is 0.892. The third-order valence-electron chi connectivity index (χ3n) is 4.92. The Kier molecular flexibility index (Phi) is 5.32. The van der Waals surface area contributed by atoms with Crippen molar-refractivity contribution in [2.24, 2.45) is 0 Å². The number of carbonyl (C=O) groups excluding carboxylic acids is 2. The van der Waals surface area contributed by atoms with Crippen molar-refractivity contribution in [3.63, 3.8) is 0 Å². The highest BCUT2D eigenvalue weighted by atomic mass is 35.5. The van der Waals surface area contributed by atoms with E-state index in [1.807, 2.05) is 18.7 Å². The Hall–Kier alpha value is -2.34. The molecule has 1 N–H and O–H groups in total. The van der Waals surface area contributed by atoms with Gasteiger partial charge in [-0.2, -0.15) is 0 Å². The molecule has 1 aliphatic heterocycles. The molecule has 0 bridgehead atoms. The first-order chi connectivity index (χ1) is 12.4. The third-order valence-corrected chi connectivity index (χ3v) is 5.17. The minimum atomic E-state index is -0.229. The van der Waals surface area contributed by atoms with Crippen LogP contribution in [0.3, 0.4) is 0 Å². The van der Waals surface area contributed by atoms with E-state index in [0.29, 0.717) is 16.4 Å². The molecule has 0 spiro atoms. The second-order valence-corrected chi connectivity index (χ2v) is 7.10. The van der Waals surface area contributed by atoms with Gasteiger partial charge in [0.05, 0.1) is 0 Å². The number of aromatic nitrogens is 2. The van der Waals surface area contributed by atoms with E-state index in [4.69, 9.17) is 11.6 Å². The second kappa shape index (κ2) is 7.50. The lowest BCUT2D eigenvalue weighted by molar-refractivity contribution is -0.130. The summed E-state index contributed by atoms with van der Waals surface area (Å²) in [5.41, 5.74) is 1.97. The van der Waals surface area contributed by atoms with Crippen molar-refractivity contribution in [3.05, 3.63) is 46.5 Å². The van der Waals surface area contributed by atoms with E-state index in [-0.39, 0.29) is 17.9 Å². The van der Waals surface area contributed by atoms with Crippen molar-refractivity contribution in [2.45, 2.75) is 39.7 Å². The lowest BCUT2D eigenvalue weighted by Gasteiger charge is -2.33. The molecule has 0 saturated carbocycles. The van der Waals surface area contributed by atoms with Crippen LogP contribution in [0, 0.1) is 13.8 Å². The molecule has 6 nitrogen and oxygen atoms in total. The minimum Gasteiger partial charge on any atom is -0.343 e. The molecule has 0 aliphatic carbocycles. The van der Waals surface area contributed by atoms with Crippen LogP contribution in [0.5, 0.6) is 0 Å². The highest BCUT2D eigenvalue weighted by Crippen LogP contribution is 2.27. The van der Waals surface area contributed by atoms with Crippen LogP contribution in [0.25, 0.3) is 0 Å². The zero-order valence-corrected chi connectivity index (χ0v) is 16.0. The maximum atomic E-state index is 12.6. The third kappa shape index (κ3) is 3.75. The number of anilines is 1. The molecule has 0 radical (unpaired) electrons. The Bertz CT molecular complexity index is 821. The number of likely N-dealkylation sites (tertiary alicyclic amines) is 1. The molecule has 1 aromatic carbocycles. The van der Waals surface area contributed by atoms with Gasteiger partial charge >= 0.3 is 0 Å². The van der Waals surface area contributed by atoms with Crippen molar-refractivity contribution in [1.29, 1.82) is 0 Å². The molecular formula is C19H23ClN4O2. The molecular weight excluding hydrogens is 352 g/mol. The number of amides is 2. The SMILES string of the molecule is CC(=O)N1CCC(n2c(C)nc(C(=O)Nc3ccc(Cl)cc3)c2C)CC1. The van der Waals surface area contributed by atoms with Crippen molar-refractivity contribution < 1.29 is 9.59 Å². The number of carbonyl (C=O) groups is 2. The first-order valence-corrected chi connectivity index (χ1v) is 9.12. The average Bonchev–Trinajstić information content (AvgIpc) is 2.91. The van der Waals surface area contributed by atoms with Gasteiger partial charge in [-0.15, -0.1) is 0 Å². The summed E-state index contributed by atoms with van der Waals surface area (Å²) in [5, 5.41) is 3.49. The first kappa shape index (κ1) is 18.5. The normalized spacial score (nSPS) is 15.2. The lowest BCUT2D eigenvalue weighted by atomic mass is 10.0. The van der Waals surface area contributed by atoms with Crippen molar-refractivity contribution in [3.8, 4) is 0 Å². The number of benzene rings is 1. The fourth-order valence-corrected chi connectivity index (χ4v) is 3.69. The number of imidazole rings is 1. The molecule has 138 valence electrons. The molecule has 2 aromatic rings. The van der Waals surface area contributed by atoms with Crippen molar-refractivity contribution in [2.75, 3.05) is 18.4 Å². The first-order valence-electron chi connectivity index (χ1n) is 8.74. The molecule has 2 heterocycles. The van der Waals surface area contributed by atoms with Crippen LogP contribution >= 0.6 is 11.6 Å². The largest absolute Gasteiger partial charge is 0.343 e. The Morgan fingerprint density at radius 2 is 1.77 bits per heavy atom. The minimum absolute atomic E-state index is 0.116.